The smallest absolute Gasteiger partial charge is 0.317 e. The molecule has 2 saturated heterocycles. The number of nitrogens with one attached hydrogen (secondary N) is 1. The van der Waals surface area contributed by atoms with E-state index in [1.807, 2.05) is 36.6 Å². The van der Waals surface area contributed by atoms with Gasteiger partial charge in [0.15, 0.2) is 5.16 Å². The Bertz CT molecular complexity index is 1120. The van der Waals surface area contributed by atoms with Crippen LogP contribution in [0, 0.1) is 5.82 Å². The van der Waals surface area contributed by atoms with Gasteiger partial charge in [-0.05, 0) is 32.9 Å². The highest BCUT2D eigenvalue weighted by Crippen LogP contribution is 2.25. The zero-order valence-electron chi connectivity index (χ0n) is 21.4. The first-order valence-electron chi connectivity index (χ1n) is 12.5. The van der Waals surface area contributed by atoms with Crippen LogP contribution in [0.1, 0.15) is 20.8 Å². The summed E-state index contributed by atoms with van der Waals surface area (Å²) >= 11 is 7.55. The van der Waals surface area contributed by atoms with E-state index in [1.54, 1.807) is 23.1 Å². The molecule has 1 unspecified atom stereocenters. The van der Waals surface area contributed by atoms with Crippen molar-refractivity contribution in [3.8, 4) is 0 Å². The number of para-hydroxylation sites is 1. The predicted molar refractivity (Wildman–Crippen MR) is 145 cm³/mol. The number of urea groups is 1. The highest BCUT2D eigenvalue weighted by molar-refractivity contribution is 7.99. The number of carbonyl (C=O) groups excluding carboxylic acids is 2. The van der Waals surface area contributed by atoms with E-state index in [2.05, 4.69) is 20.2 Å². The molecular weight excluding hydrogens is 517 g/mol. The van der Waals surface area contributed by atoms with Crippen LogP contribution in [0.5, 0.6) is 0 Å². The zero-order valence-corrected chi connectivity index (χ0v) is 22.9. The Morgan fingerprint density at radius 2 is 1.81 bits per heavy atom. The molecular formula is C25H33ClFN7O2S. The number of anilines is 2. The fourth-order valence-corrected chi connectivity index (χ4v) is 5.52. The molecule has 1 atom stereocenters. The van der Waals surface area contributed by atoms with Crippen molar-refractivity contribution in [3.63, 3.8) is 0 Å². The van der Waals surface area contributed by atoms with Crippen LogP contribution in [0.4, 0.5) is 20.7 Å². The topological polar surface area (TPSA) is 84.9 Å². The molecule has 3 heterocycles. The van der Waals surface area contributed by atoms with Gasteiger partial charge in [0.2, 0.25) is 5.91 Å². The van der Waals surface area contributed by atoms with Gasteiger partial charge in [0.1, 0.15) is 16.8 Å². The quantitative estimate of drug-likeness (QED) is 0.336. The SMILES string of the molecule is CC(C)NC(=O)N1CCN(c2cc(Cl)nc(SCC(=O)N3CCN(c4ccccc4F)CC3)n2)CC1C. The van der Waals surface area contributed by atoms with Crippen LogP contribution in [0.15, 0.2) is 35.5 Å². The summed E-state index contributed by atoms with van der Waals surface area (Å²) in [5.74, 6) is 0.617. The van der Waals surface area contributed by atoms with Crippen LogP contribution in [-0.2, 0) is 4.79 Å². The standard InChI is InChI=1S/C25H33ClFN7O2S/c1-17(2)28-25(36)34-13-12-33(15-18(34)3)22-14-21(26)29-24(30-22)37-16-23(35)32-10-8-31(9-11-32)20-7-5-4-6-19(20)27/h4-7,14,17-18H,8-13,15-16H2,1-3H3,(H,28,36). The van der Waals surface area contributed by atoms with E-state index >= 15 is 0 Å². The molecule has 2 aromatic rings. The third-order valence-corrected chi connectivity index (χ3v) is 7.46. The molecule has 1 aromatic carbocycles. The molecule has 0 bridgehead atoms. The third kappa shape index (κ3) is 6.95. The van der Waals surface area contributed by atoms with E-state index in [-0.39, 0.29) is 35.6 Å². The van der Waals surface area contributed by atoms with Crippen molar-refractivity contribution in [2.75, 3.05) is 61.4 Å². The number of nitrogens with zero attached hydrogens (tertiary/aromatic N) is 6. The lowest BCUT2D eigenvalue weighted by Gasteiger charge is -2.40. The summed E-state index contributed by atoms with van der Waals surface area (Å²) in [7, 11) is 0. The molecule has 4 rings (SSSR count). The molecule has 1 aromatic heterocycles. The van der Waals surface area contributed by atoms with Gasteiger partial charge in [-0.3, -0.25) is 4.79 Å². The van der Waals surface area contributed by atoms with E-state index in [0.717, 1.165) is 0 Å². The van der Waals surface area contributed by atoms with E-state index in [0.29, 0.717) is 67.6 Å². The summed E-state index contributed by atoms with van der Waals surface area (Å²) in [4.78, 5) is 41.9. The maximum atomic E-state index is 14.1. The molecule has 2 fully saturated rings. The first-order valence-corrected chi connectivity index (χ1v) is 13.8. The van der Waals surface area contributed by atoms with Gasteiger partial charge in [0.25, 0.3) is 0 Å². The van der Waals surface area contributed by atoms with Crippen LogP contribution < -0.4 is 15.1 Å². The molecule has 0 aliphatic carbocycles. The Labute approximate surface area is 226 Å². The number of hydrogen-bond acceptors (Lipinski definition) is 7. The minimum atomic E-state index is -0.249. The van der Waals surface area contributed by atoms with Crippen molar-refractivity contribution in [2.24, 2.45) is 0 Å². The van der Waals surface area contributed by atoms with Gasteiger partial charge in [-0.15, -0.1) is 0 Å². The molecule has 37 heavy (non-hydrogen) atoms. The molecule has 2 aliphatic heterocycles. The minimum absolute atomic E-state index is 0.00181. The van der Waals surface area contributed by atoms with Gasteiger partial charge >= 0.3 is 6.03 Å². The second-order valence-corrected chi connectivity index (χ2v) is 10.9. The third-order valence-electron chi connectivity index (χ3n) is 6.44. The molecule has 1 N–H and O–H groups in total. The fraction of sp³-hybridized carbons (Fsp3) is 0.520. The molecule has 0 radical (unpaired) electrons. The maximum absolute atomic E-state index is 14.1. The van der Waals surface area contributed by atoms with E-state index in [4.69, 9.17) is 11.6 Å². The number of amides is 3. The predicted octanol–water partition coefficient (Wildman–Crippen LogP) is 3.34. The Kier molecular flexibility index (Phi) is 8.96. The van der Waals surface area contributed by atoms with Crippen molar-refractivity contribution < 1.29 is 14.0 Å². The van der Waals surface area contributed by atoms with Crippen LogP contribution in [0.3, 0.4) is 0 Å². The van der Waals surface area contributed by atoms with Crippen molar-refractivity contribution in [1.82, 2.24) is 25.1 Å². The summed E-state index contributed by atoms with van der Waals surface area (Å²) in [6.45, 7) is 9.92. The summed E-state index contributed by atoms with van der Waals surface area (Å²) in [5.41, 5.74) is 0.569. The van der Waals surface area contributed by atoms with Crippen LogP contribution >= 0.6 is 23.4 Å². The van der Waals surface area contributed by atoms with Gasteiger partial charge in [-0.2, -0.15) is 0 Å². The van der Waals surface area contributed by atoms with Gasteiger partial charge in [-0.25, -0.2) is 19.2 Å². The zero-order chi connectivity index (χ0) is 26.5. The van der Waals surface area contributed by atoms with Crippen LogP contribution in [-0.4, -0.2) is 95.4 Å². The van der Waals surface area contributed by atoms with Gasteiger partial charge in [0.05, 0.1) is 11.4 Å². The summed E-state index contributed by atoms with van der Waals surface area (Å²) in [5, 5.41) is 3.70. The Morgan fingerprint density at radius 3 is 2.49 bits per heavy atom. The number of halogens is 2. The molecule has 200 valence electrons. The minimum Gasteiger partial charge on any atom is -0.366 e. The van der Waals surface area contributed by atoms with Gasteiger partial charge in [0, 0.05) is 64.0 Å². The van der Waals surface area contributed by atoms with Gasteiger partial charge in [-0.1, -0.05) is 35.5 Å². The monoisotopic (exact) mass is 549 g/mol. The number of benzene rings is 1. The van der Waals surface area contributed by atoms with E-state index in [9.17, 15) is 14.0 Å². The highest BCUT2D eigenvalue weighted by Gasteiger charge is 2.29. The number of rotatable bonds is 6. The second kappa shape index (κ2) is 12.2. The molecule has 3 amide bonds. The average molecular weight is 550 g/mol. The lowest BCUT2D eigenvalue weighted by Crippen LogP contribution is -2.57. The Balaban J connectivity index is 1.30. The molecule has 0 saturated carbocycles. The van der Waals surface area contributed by atoms with Gasteiger partial charge < -0.3 is 24.9 Å². The number of carbonyl (C=O) groups is 2. The number of thioether (sulfide) groups is 1. The normalized spacial score (nSPS) is 18.4. The number of piperazine rings is 2. The Hall–Kier alpha value is -2.79. The molecule has 12 heteroatoms. The van der Waals surface area contributed by atoms with Crippen molar-refractivity contribution in [3.05, 3.63) is 41.3 Å². The van der Waals surface area contributed by atoms with E-state index in [1.165, 1.54) is 17.8 Å². The molecule has 2 aliphatic rings. The number of aromatic nitrogens is 2. The second-order valence-electron chi connectivity index (χ2n) is 9.53. The van der Waals surface area contributed by atoms with Crippen molar-refractivity contribution in [1.29, 1.82) is 0 Å². The summed E-state index contributed by atoms with van der Waals surface area (Å²) in [6, 6.07) is 8.43. The van der Waals surface area contributed by atoms with Crippen molar-refractivity contribution in [2.45, 2.75) is 38.0 Å². The average Bonchev–Trinajstić information content (AvgIpc) is 2.87. The summed E-state index contributed by atoms with van der Waals surface area (Å²) < 4.78 is 14.1. The molecule has 9 nitrogen and oxygen atoms in total. The fourth-order valence-electron chi connectivity index (χ4n) is 4.53. The largest absolute Gasteiger partial charge is 0.366 e. The first-order chi connectivity index (χ1) is 17.7. The van der Waals surface area contributed by atoms with E-state index < -0.39 is 0 Å². The highest BCUT2D eigenvalue weighted by atomic mass is 35.5. The van der Waals surface area contributed by atoms with Crippen LogP contribution in [0.25, 0.3) is 0 Å². The summed E-state index contributed by atoms with van der Waals surface area (Å²) in [6.07, 6.45) is 0. The molecule has 0 spiro atoms. The van der Waals surface area contributed by atoms with Crippen molar-refractivity contribution >= 4 is 46.8 Å². The lowest BCUT2D eigenvalue weighted by atomic mass is 10.2. The Morgan fingerprint density at radius 1 is 1.11 bits per heavy atom. The van der Waals surface area contributed by atoms with Crippen LogP contribution in [0.2, 0.25) is 5.15 Å². The lowest BCUT2D eigenvalue weighted by molar-refractivity contribution is -0.128. The first kappa shape index (κ1) is 27.3. The number of hydrogen-bond donors (Lipinski definition) is 1. The maximum Gasteiger partial charge on any atom is 0.317 e.